The van der Waals surface area contributed by atoms with Crippen molar-refractivity contribution in [2.45, 2.75) is 31.8 Å². The Morgan fingerprint density at radius 1 is 1.42 bits per heavy atom. The summed E-state index contributed by atoms with van der Waals surface area (Å²) in [6, 6.07) is 4.90. The quantitative estimate of drug-likeness (QED) is 0.740. The van der Waals surface area contributed by atoms with Crippen LogP contribution in [0.4, 0.5) is 0 Å². The van der Waals surface area contributed by atoms with Gasteiger partial charge in [-0.25, -0.2) is 0 Å². The predicted molar refractivity (Wildman–Crippen MR) is 94.7 cm³/mol. The number of carbonyl (C=O) groups excluding carboxylic acids is 1. The normalized spacial score (nSPS) is 20.9. The monoisotopic (exact) mass is 347 g/mol. The minimum Gasteiger partial charge on any atom is -0.393 e. The van der Waals surface area contributed by atoms with Gasteiger partial charge in [-0.1, -0.05) is 12.8 Å². The maximum absolute atomic E-state index is 12.4. The fourth-order valence-corrected chi connectivity index (χ4v) is 3.39. The van der Waals surface area contributed by atoms with Crippen LogP contribution in [-0.4, -0.2) is 33.2 Å². The van der Waals surface area contributed by atoms with Gasteiger partial charge in [0, 0.05) is 25.1 Å². The lowest BCUT2D eigenvalue weighted by Crippen LogP contribution is -2.36. The van der Waals surface area contributed by atoms with Crippen molar-refractivity contribution >= 4 is 29.0 Å². The van der Waals surface area contributed by atoms with Crippen molar-refractivity contribution < 1.29 is 9.90 Å². The van der Waals surface area contributed by atoms with Crippen LogP contribution in [0.1, 0.15) is 36.0 Å². The lowest BCUT2D eigenvalue weighted by Gasteiger charge is -2.27. The molecule has 7 heteroatoms. The van der Waals surface area contributed by atoms with Gasteiger partial charge in [0.1, 0.15) is 0 Å². The predicted octanol–water partition coefficient (Wildman–Crippen LogP) is 1.88. The summed E-state index contributed by atoms with van der Waals surface area (Å²) in [5.74, 6) is -0.101. The average Bonchev–Trinajstić information content (AvgIpc) is 2.58. The first-order valence-electron chi connectivity index (χ1n) is 8.16. The minimum atomic E-state index is -0.338. The number of fused-ring (bicyclic) bond motifs is 1. The molecule has 0 radical (unpaired) electrons. The molecule has 2 atom stereocenters. The van der Waals surface area contributed by atoms with Crippen molar-refractivity contribution in [3.05, 3.63) is 38.9 Å². The highest BCUT2D eigenvalue weighted by atomic mass is 32.1. The minimum absolute atomic E-state index is 0.112. The molecule has 1 fully saturated rings. The molecule has 1 heterocycles. The first-order valence-corrected chi connectivity index (χ1v) is 8.57. The zero-order chi connectivity index (χ0) is 17.3. The lowest BCUT2D eigenvalue weighted by molar-refractivity contribution is 0.0663. The number of aromatic amines is 1. The van der Waals surface area contributed by atoms with E-state index in [4.69, 9.17) is 12.2 Å². The van der Waals surface area contributed by atoms with E-state index < -0.39 is 0 Å². The largest absolute Gasteiger partial charge is 0.393 e. The van der Waals surface area contributed by atoms with E-state index >= 15 is 0 Å². The Hall–Kier alpha value is -1.99. The highest BCUT2D eigenvalue weighted by Gasteiger charge is 2.23. The van der Waals surface area contributed by atoms with Crippen LogP contribution in [0.25, 0.3) is 10.9 Å². The molecule has 0 spiro atoms. The lowest BCUT2D eigenvalue weighted by atomic mass is 9.86. The highest BCUT2D eigenvalue weighted by Crippen LogP contribution is 2.23. The number of amides is 1. The van der Waals surface area contributed by atoms with Crippen LogP contribution in [0.2, 0.25) is 0 Å². The Balaban J connectivity index is 1.79. The van der Waals surface area contributed by atoms with Crippen LogP contribution in [0.5, 0.6) is 0 Å². The molecule has 0 aliphatic heterocycles. The van der Waals surface area contributed by atoms with Crippen molar-refractivity contribution in [1.82, 2.24) is 14.9 Å². The second-order valence-corrected chi connectivity index (χ2v) is 6.76. The van der Waals surface area contributed by atoms with E-state index in [-0.39, 0.29) is 23.5 Å². The number of nitrogens with one attached hydrogen (secondary N) is 2. The van der Waals surface area contributed by atoms with Gasteiger partial charge in [0.15, 0.2) is 4.77 Å². The number of aliphatic hydroxyl groups is 1. The zero-order valence-electron chi connectivity index (χ0n) is 13.5. The van der Waals surface area contributed by atoms with E-state index in [9.17, 15) is 14.7 Å². The van der Waals surface area contributed by atoms with E-state index in [0.717, 1.165) is 25.7 Å². The summed E-state index contributed by atoms with van der Waals surface area (Å²) in [7, 11) is 1.61. The second kappa shape index (κ2) is 6.86. The number of nitrogens with zero attached hydrogens (tertiary/aromatic N) is 1. The molecule has 1 saturated carbocycles. The smallest absolute Gasteiger partial charge is 0.261 e. The SMILES string of the molecule is Cn1c(=S)[nH]c2cc(C(=O)NC[C@@H]3CCCC[C@@H]3O)ccc2c1=O. The maximum Gasteiger partial charge on any atom is 0.261 e. The number of aromatic nitrogens is 2. The Morgan fingerprint density at radius 2 is 2.17 bits per heavy atom. The van der Waals surface area contributed by atoms with E-state index in [1.807, 2.05) is 0 Å². The molecule has 2 aromatic rings. The fraction of sp³-hybridized carbons (Fsp3) is 0.471. The average molecular weight is 347 g/mol. The van der Waals surface area contributed by atoms with Gasteiger partial charge in [-0.05, 0) is 43.3 Å². The van der Waals surface area contributed by atoms with Gasteiger partial charge in [0.05, 0.1) is 17.0 Å². The number of H-pyrrole nitrogens is 1. The van der Waals surface area contributed by atoms with Crippen LogP contribution >= 0.6 is 12.2 Å². The summed E-state index contributed by atoms with van der Waals surface area (Å²) in [6.07, 6.45) is 3.53. The van der Waals surface area contributed by atoms with Crippen molar-refractivity contribution in [3.8, 4) is 0 Å². The highest BCUT2D eigenvalue weighted by molar-refractivity contribution is 7.71. The van der Waals surface area contributed by atoms with Gasteiger partial charge >= 0.3 is 0 Å². The summed E-state index contributed by atoms with van der Waals surface area (Å²) in [5, 5.41) is 13.3. The van der Waals surface area contributed by atoms with Crippen LogP contribution < -0.4 is 10.9 Å². The molecule has 24 heavy (non-hydrogen) atoms. The summed E-state index contributed by atoms with van der Waals surface area (Å²) in [6.45, 7) is 0.463. The Bertz CT molecular complexity index is 887. The van der Waals surface area contributed by atoms with Gasteiger partial charge < -0.3 is 15.4 Å². The van der Waals surface area contributed by atoms with Gasteiger partial charge in [-0.15, -0.1) is 0 Å². The second-order valence-electron chi connectivity index (χ2n) is 6.38. The molecule has 1 aromatic heterocycles. The summed E-state index contributed by atoms with van der Waals surface area (Å²) in [5.41, 5.74) is 0.825. The van der Waals surface area contributed by atoms with E-state index in [0.29, 0.717) is 27.8 Å². The molecule has 1 amide bonds. The van der Waals surface area contributed by atoms with Crippen LogP contribution in [0, 0.1) is 10.7 Å². The summed E-state index contributed by atoms with van der Waals surface area (Å²) < 4.78 is 1.68. The first kappa shape index (κ1) is 16.9. The Kier molecular flexibility index (Phi) is 4.82. The van der Waals surface area contributed by atoms with Gasteiger partial charge in [0.25, 0.3) is 11.5 Å². The van der Waals surface area contributed by atoms with E-state index in [1.54, 1.807) is 25.2 Å². The van der Waals surface area contributed by atoms with Crippen molar-refractivity contribution in [2.75, 3.05) is 6.54 Å². The molecule has 0 bridgehead atoms. The molecule has 0 unspecified atom stereocenters. The maximum atomic E-state index is 12.4. The number of carbonyl (C=O) groups is 1. The van der Waals surface area contributed by atoms with Crippen LogP contribution in [0.15, 0.2) is 23.0 Å². The molecule has 1 aliphatic rings. The van der Waals surface area contributed by atoms with Crippen LogP contribution in [-0.2, 0) is 7.05 Å². The number of hydrogen-bond donors (Lipinski definition) is 3. The summed E-state index contributed by atoms with van der Waals surface area (Å²) >= 11 is 5.11. The molecule has 3 rings (SSSR count). The van der Waals surface area contributed by atoms with Crippen LogP contribution in [0.3, 0.4) is 0 Å². The van der Waals surface area contributed by atoms with Crippen molar-refractivity contribution in [3.63, 3.8) is 0 Å². The molecule has 3 N–H and O–H groups in total. The Labute approximate surface area is 144 Å². The number of aliphatic hydroxyl groups excluding tert-OH is 1. The molecular formula is C17H21N3O3S. The topological polar surface area (TPSA) is 87.1 Å². The molecular weight excluding hydrogens is 326 g/mol. The zero-order valence-corrected chi connectivity index (χ0v) is 14.4. The molecule has 1 aliphatic carbocycles. The molecule has 128 valence electrons. The summed E-state index contributed by atoms with van der Waals surface area (Å²) in [4.78, 5) is 27.5. The number of rotatable bonds is 3. The number of benzene rings is 1. The standard InChI is InChI=1S/C17H21N3O3S/c1-20-16(23)12-7-6-10(8-13(12)19-17(20)24)15(22)18-9-11-4-2-3-5-14(11)21/h6-8,11,14,21H,2-5,9H2,1H3,(H,18,22)(H,19,24)/t11-,14-/m0/s1. The molecule has 6 nitrogen and oxygen atoms in total. The van der Waals surface area contributed by atoms with Gasteiger partial charge in [0.2, 0.25) is 0 Å². The third kappa shape index (κ3) is 3.27. The van der Waals surface area contributed by atoms with Gasteiger partial charge in [-0.2, -0.15) is 0 Å². The van der Waals surface area contributed by atoms with E-state index in [2.05, 4.69) is 10.3 Å². The third-order valence-corrected chi connectivity index (χ3v) is 5.13. The molecule has 1 aromatic carbocycles. The Morgan fingerprint density at radius 3 is 2.92 bits per heavy atom. The van der Waals surface area contributed by atoms with Gasteiger partial charge in [-0.3, -0.25) is 14.2 Å². The van der Waals surface area contributed by atoms with Crippen molar-refractivity contribution in [1.29, 1.82) is 0 Å². The van der Waals surface area contributed by atoms with Crippen molar-refractivity contribution in [2.24, 2.45) is 13.0 Å². The number of hydrogen-bond acceptors (Lipinski definition) is 4. The fourth-order valence-electron chi connectivity index (χ4n) is 3.20. The first-order chi connectivity index (χ1) is 11.5. The molecule has 0 saturated heterocycles. The van der Waals surface area contributed by atoms with E-state index in [1.165, 1.54) is 4.57 Å². The third-order valence-electron chi connectivity index (χ3n) is 4.76.